The van der Waals surface area contributed by atoms with Crippen LogP contribution in [0, 0.1) is 6.92 Å². The Balaban J connectivity index is 2.25. The molecular weight excluding hydrogens is 276 g/mol. The summed E-state index contributed by atoms with van der Waals surface area (Å²) in [6.45, 7) is 2.00. The lowest BCUT2D eigenvalue weighted by Gasteiger charge is -2.11. The van der Waals surface area contributed by atoms with E-state index in [1.165, 1.54) is 0 Å². The number of aryl methyl sites for hydroxylation is 1. The van der Waals surface area contributed by atoms with Gasteiger partial charge in [-0.15, -0.1) is 11.8 Å². The molecule has 0 saturated carbocycles. The predicted octanol–water partition coefficient (Wildman–Crippen LogP) is 5.10. The Morgan fingerprint density at radius 2 is 1.62 bits per heavy atom. The van der Waals surface area contributed by atoms with Gasteiger partial charge in [-0.05, 0) is 41.6 Å². The lowest BCUT2D eigenvalue weighted by molar-refractivity contribution is 0.103. The van der Waals surface area contributed by atoms with Gasteiger partial charge in [-0.2, -0.15) is 0 Å². The minimum absolute atomic E-state index is 0.106. The van der Waals surface area contributed by atoms with Crippen molar-refractivity contribution >= 4 is 28.3 Å². The zero-order valence-corrected chi connectivity index (χ0v) is 12.9. The number of hydrogen-bond acceptors (Lipinski definition) is 2. The van der Waals surface area contributed by atoms with Crippen molar-refractivity contribution in [1.29, 1.82) is 0 Å². The van der Waals surface area contributed by atoms with Gasteiger partial charge in [0.2, 0.25) is 0 Å². The third kappa shape index (κ3) is 2.47. The molecular formula is C19H16OS. The second-order valence-corrected chi connectivity index (χ2v) is 5.86. The van der Waals surface area contributed by atoms with Crippen molar-refractivity contribution in [3.05, 3.63) is 77.4 Å². The number of carbonyl (C=O) groups is 1. The minimum atomic E-state index is 0.106. The first-order valence-electron chi connectivity index (χ1n) is 6.88. The van der Waals surface area contributed by atoms with Crippen molar-refractivity contribution in [2.24, 2.45) is 0 Å². The molecule has 104 valence electrons. The maximum Gasteiger partial charge on any atom is 0.195 e. The fraction of sp³-hybridized carbons (Fsp3) is 0.105. The number of ketones is 1. The van der Waals surface area contributed by atoms with Crippen LogP contribution >= 0.6 is 11.8 Å². The summed E-state index contributed by atoms with van der Waals surface area (Å²) in [5.41, 5.74) is 2.62. The van der Waals surface area contributed by atoms with Gasteiger partial charge in [-0.25, -0.2) is 0 Å². The predicted molar refractivity (Wildman–Crippen MR) is 90.3 cm³/mol. The highest BCUT2D eigenvalue weighted by Crippen LogP contribution is 2.28. The summed E-state index contributed by atoms with van der Waals surface area (Å²) in [6.07, 6.45) is 2.00. The first kappa shape index (κ1) is 13.9. The molecule has 0 aliphatic rings. The Bertz CT molecular complexity index is 821. The maximum atomic E-state index is 13.0. The minimum Gasteiger partial charge on any atom is -0.289 e. The second kappa shape index (κ2) is 5.74. The highest BCUT2D eigenvalue weighted by Gasteiger charge is 2.17. The van der Waals surface area contributed by atoms with Crippen molar-refractivity contribution in [3.63, 3.8) is 0 Å². The van der Waals surface area contributed by atoms with Crippen LogP contribution in [0.3, 0.4) is 0 Å². The zero-order chi connectivity index (χ0) is 14.8. The van der Waals surface area contributed by atoms with Crippen molar-refractivity contribution in [3.8, 4) is 0 Å². The Morgan fingerprint density at radius 1 is 0.905 bits per heavy atom. The van der Waals surface area contributed by atoms with Crippen LogP contribution in [0.25, 0.3) is 10.8 Å². The number of carbonyl (C=O) groups excluding carboxylic acids is 1. The molecule has 0 amide bonds. The molecule has 0 atom stereocenters. The summed E-state index contributed by atoms with van der Waals surface area (Å²) in [4.78, 5) is 14.1. The van der Waals surface area contributed by atoms with E-state index in [0.717, 1.165) is 32.4 Å². The molecule has 3 aromatic carbocycles. The largest absolute Gasteiger partial charge is 0.289 e. The van der Waals surface area contributed by atoms with Crippen molar-refractivity contribution in [1.82, 2.24) is 0 Å². The molecule has 0 aliphatic heterocycles. The molecule has 0 radical (unpaired) electrons. The van der Waals surface area contributed by atoms with Crippen LogP contribution in [0.15, 0.2) is 65.6 Å². The molecule has 0 spiro atoms. The van der Waals surface area contributed by atoms with Gasteiger partial charge in [0.1, 0.15) is 0 Å². The highest BCUT2D eigenvalue weighted by atomic mass is 32.2. The zero-order valence-electron chi connectivity index (χ0n) is 12.1. The fourth-order valence-corrected chi connectivity index (χ4v) is 3.24. The summed E-state index contributed by atoms with van der Waals surface area (Å²) in [6, 6.07) is 20.0. The molecule has 0 heterocycles. The Morgan fingerprint density at radius 3 is 2.43 bits per heavy atom. The average molecular weight is 292 g/mol. The van der Waals surface area contributed by atoms with Crippen molar-refractivity contribution in [2.75, 3.05) is 6.26 Å². The van der Waals surface area contributed by atoms with Crippen LogP contribution in [-0.2, 0) is 0 Å². The van der Waals surface area contributed by atoms with Crippen LogP contribution in [-0.4, -0.2) is 12.0 Å². The van der Waals surface area contributed by atoms with E-state index >= 15 is 0 Å². The van der Waals surface area contributed by atoms with Crippen molar-refractivity contribution in [2.45, 2.75) is 11.8 Å². The van der Waals surface area contributed by atoms with E-state index in [1.807, 2.05) is 67.8 Å². The molecule has 1 nitrogen and oxygen atoms in total. The van der Waals surface area contributed by atoms with Gasteiger partial charge in [-0.1, -0.05) is 48.5 Å². The van der Waals surface area contributed by atoms with E-state index in [9.17, 15) is 4.79 Å². The molecule has 0 aromatic heterocycles. The van der Waals surface area contributed by atoms with Gasteiger partial charge >= 0.3 is 0 Å². The van der Waals surface area contributed by atoms with Crippen LogP contribution in [0.5, 0.6) is 0 Å². The van der Waals surface area contributed by atoms with Gasteiger partial charge in [-0.3, -0.25) is 4.79 Å². The molecule has 0 aliphatic carbocycles. The first-order valence-corrected chi connectivity index (χ1v) is 8.11. The van der Waals surface area contributed by atoms with Gasteiger partial charge < -0.3 is 0 Å². The molecule has 0 N–H and O–H groups in total. The number of thioether (sulfide) groups is 1. The summed E-state index contributed by atoms with van der Waals surface area (Å²) >= 11 is 1.61. The lowest BCUT2D eigenvalue weighted by Crippen LogP contribution is -2.06. The van der Waals surface area contributed by atoms with Crippen LogP contribution < -0.4 is 0 Å². The molecule has 3 aromatic rings. The van der Waals surface area contributed by atoms with E-state index in [-0.39, 0.29) is 5.78 Å². The third-order valence-electron chi connectivity index (χ3n) is 3.72. The third-order valence-corrected chi connectivity index (χ3v) is 4.51. The van der Waals surface area contributed by atoms with E-state index in [1.54, 1.807) is 11.8 Å². The number of benzene rings is 3. The molecule has 0 bridgehead atoms. The van der Waals surface area contributed by atoms with Crippen LogP contribution in [0.1, 0.15) is 21.5 Å². The van der Waals surface area contributed by atoms with Gasteiger partial charge in [0.05, 0.1) is 0 Å². The lowest BCUT2D eigenvalue weighted by atomic mass is 9.93. The Labute approximate surface area is 129 Å². The second-order valence-electron chi connectivity index (χ2n) is 5.01. The monoisotopic (exact) mass is 292 g/mol. The summed E-state index contributed by atoms with van der Waals surface area (Å²) < 4.78 is 0. The Kier molecular flexibility index (Phi) is 3.80. The van der Waals surface area contributed by atoms with Crippen molar-refractivity contribution < 1.29 is 4.79 Å². The molecule has 2 heteroatoms. The summed E-state index contributed by atoms with van der Waals surface area (Å²) in [5, 5.41) is 2.13. The standard InChI is InChI=1S/C19H16OS/c1-13-11-12-14-7-3-4-8-15(14)18(13)19(20)16-9-5-6-10-17(16)21-2/h3-12H,1-2H3. The van der Waals surface area contributed by atoms with E-state index < -0.39 is 0 Å². The van der Waals surface area contributed by atoms with Crippen LogP contribution in [0.2, 0.25) is 0 Å². The van der Waals surface area contributed by atoms with E-state index in [4.69, 9.17) is 0 Å². The highest BCUT2D eigenvalue weighted by molar-refractivity contribution is 7.98. The van der Waals surface area contributed by atoms with Gasteiger partial charge in [0, 0.05) is 16.0 Å². The van der Waals surface area contributed by atoms with E-state index in [0.29, 0.717) is 0 Å². The topological polar surface area (TPSA) is 17.1 Å². The van der Waals surface area contributed by atoms with Crippen LogP contribution in [0.4, 0.5) is 0 Å². The molecule has 21 heavy (non-hydrogen) atoms. The fourth-order valence-electron chi connectivity index (χ4n) is 2.65. The maximum absolute atomic E-state index is 13.0. The quantitative estimate of drug-likeness (QED) is 0.493. The summed E-state index contributed by atoms with van der Waals surface area (Å²) in [7, 11) is 0. The average Bonchev–Trinajstić information content (AvgIpc) is 2.54. The molecule has 0 fully saturated rings. The number of fused-ring (bicyclic) bond motifs is 1. The van der Waals surface area contributed by atoms with Gasteiger partial charge in [0.25, 0.3) is 0 Å². The smallest absolute Gasteiger partial charge is 0.195 e. The molecule has 3 rings (SSSR count). The Hall–Kier alpha value is -2.06. The SMILES string of the molecule is CSc1ccccc1C(=O)c1c(C)ccc2ccccc12. The number of rotatable bonds is 3. The van der Waals surface area contributed by atoms with E-state index in [2.05, 4.69) is 6.07 Å². The first-order chi connectivity index (χ1) is 10.2. The van der Waals surface area contributed by atoms with Gasteiger partial charge in [0.15, 0.2) is 5.78 Å². The normalized spacial score (nSPS) is 10.8. The number of hydrogen-bond donors (Lipinski definition) is 0. The molecule has 0 saturated heterocycles. The summed E-state index contributed by atoms with van der Waals surface area (Å²) in [5.74, 6) is 0.106. The molecule has 0 unspecified atom stereocenters.